The molecule has 0 bridgehead atoms. The molecule has 0 unspecified atom stereocenters. The number of fused-ring (bicyclic) bond motifs is 5. The zero-order valence-electron chi connectivity index (χ0n) is 21.4. The lowest BCUT2D eigenvalue weighted by molar-refractivity contribution is 0.0248. The van der Waals surface area contributed by atoms with E-state index in [0.717, 1.165) is 79.1 Å². The Morgan fingerprint density at radius 3 is 2.41 bits per heavy atom. The number of hydrogen-bond donors (Lipinski definition) is 1. The Hall–Kier alpha value is -2.98. The first kappa shape index (κ1) is 24.4. The molecule has 9 nitrogen and oxygen atoms in total. The van der Waals surface area contributed by atoms with Gasteiger partial charge in [0, 0.05) is 37.1 Å². The molecule has 1 amide bonds. The number of rotatable bonds is 7. The van der Waals surface area contributed by atoms with Crippen molar-refractivity contribution in [1.82, 2.24) is 19.7 Å². The highest BCUT2D eigenvalue weighted by Gasteiger charge is 2.31. The summed E-state index contributed by atoms with van der Waals surface area (Å²) < 4.78 is 19.1. The van der Waals surface area contributed by atoms with Crippen LogP contribution in [0, 0.1) is 0 Å². The molecule has 0 saturated carbocycles. The summed E-state index contributed by atoms with van der Waals surface area (Å²) in [6.45, 7) is 7.18. The van der Waals surface area contributed by atoms with Crippen molar-refractivity contribution in [3.05, 3.63) is 40.5 Å². The smallest absolute Gasteiger partial charge is 0.253 e. The van der Waals surface area contributed by atoms with E-state index in [2.05, 4.69) is 25.8 Å². The van der Waals surface area contributed by atoms with Crippen LogP contribution in [-0.4, -0.2) is 92.9 Å². The van der Waals surface area contributed by atoms with E-state index in [9.17, 15) is 9.59 Å². The highest BCUT2D eigenvalue weighted by atomic mass is 16.5. The van der Waals surface area contributed by atoms with Gasteiger partial charge in [-0.3, -0.25) is 19.4 Å². The minimum absolute atomic E-state index is 0.183. The molecule has 1 N–H and O–H groups in total. The van der Waals surface area contributed by atoms with Gasteiger partial charge >= 0.3 is 0 Å². The Labute approximate surface area is 216 Å². The lowest BCUT2D eigenvalue weighted by Gasteiger charge is -2.28. The monoisotopic (exact) mass is 506 g/mol. The molecule has 196 valence electrons. The Morgan fingerprint density at radius 2 is 1.70 bits per heavy atom. The Balaban J connectivity index is 1.53. The summed E-state index contributed by atoms with van der Waals surface area (Å²) in [5.74, 6) is 0.529. The predicted octanol–water partition coefficient (Wildman–Crippen LogP) is 2.41. The van der Waals surface area contributed by atoms with Crippen LogP contribution in [0.3, 0.4) is 0 Å². The molecule has 9 heteroatoms. The van der Waals surface area contributed by atoms with E-state index >= 15 is 0 Å². The molecule has 1 aliphatic carbocycles. The van der Waals surface area contributed by atoms with Gasteiger partial charge < -0.3 is 24.1 Å². The van der Waals surface area contributed by atoms with Crippen LogP contribution in [0.15, 0.2) is 18.2 Å². The molecule has 2 fully saturated rings. The second kappa shape index (κ2) is 10.4. The van der Waals surface area contributed by atoms with Gasteiger partial charge in [0.1, 0.15) is 5.75 Å². The minimum Gasteiger partial charge on any atom is -0.496 e. The fraction of sp³-hybridized carbons (Fsp3) is 0.500. The van der Waals surface area contributed by atoms with Crippen LogP contribution in [0.1, 0.15) is 38.3 Å². The van der Waals surface area contributed by atoms with Gasteiger partial charge in [0.25, 0.3) is 5.91 Å². The molecule has 3 aromatic rings. The van der Waals surface area contributed by atoms with E-state index < -0.39 is 0 Å². The van der Waals surface area contributed by atoms with Crippen LogP contribution in [0.5, 0.6) is 5.75 Å². The normalized spacial score (nSPS) is 18.8. The summed E-state index contributed by atoms with van der Waals surface area (Å²) in [4.78, 5) is 31.1. The molecule has 0 radical (unpaired) electrons. The van der Waals surface area contributed by atoms with E-state index in [1.165, 1.54) is 5.56 Å². The van der Waals surface area contributed by atoms with Crippen LogP contribution in [0.2, 0.25) is 0 Å². The predicted molar refractivity (Wildman–Crippen MR) is 141 cm³/mol. The number of hydrogen-bond acceptors (Lipinski definition) is 7. The number of methoxy groups -OCH3 is 1. The lowest BCUT2D eigenvalue weighted by atomic mass is 9.92. The van der Waals surface area contributed by atoms with Gasteiger partial charge in [0.05, 0.1) is 68.9 Å². The molecular formula is C28H34N4O5. The molecule has 2 aromatic carbocycles. The van der Waals surface area contributed by atoms with Crippen molar-refractivity contribution in [3.63, 3.8) is 0 Å². The fourth-order valence-electron chi connectivity index (χ4n) is 6.18. The van der Waals surface area contributed by atoms with Gasteiger partial charge in [-0.05, 0) is 42.5 Å². The maximum atomic E-state index is 13.7. The van der Waals surface area contributed by atoms with Gasteiger partial charge in [0.2, 0.25) is 0 Å². The van der Waals surface area contributed by atoms with Crippen molar-refractivity contribution in [2.45, 2.75) is 25.9 Å². The minimum atomic E-state index is -0.183. The highest BCUT2D eigenvalue weighted by Crippen LogP contribution is 2.44. The second-order valence-corrected chi connectivity index (χ2v) is 9.99. The van der Waals surface area contributed by atoms with Gasteiger partial charge in [0.15, 0.2) is 6.29 Å². The Bertz CT molecular complexity index is 1340. The summed E-state index contributed by atoms with van der Waals surface area (Å²) in [5.41, 5.74) is 5.27. The highest BCUT2D eigenvalue weighted by molar-refractivity contribution is 6.22. The maximum absolute atomic E-state index is 13.7. The second-order valence-electron chi connectivity index (χ2n) is 9.99. The molecule has 6 rings (SSSR count). The molecule has 2 saturated heterocycles. The van der Waals surface area contributed by atoms with Crippen molar-refractivity contribution in [2.24, 2.45) is 0 Å². The van der Waals surface area contributed by atoms with Gasteiger partial charge in [-0.25, -0.2) is 0 Å². The van der Waals surface area contributed by atoms with Crippen LogP contribution in [0.25, 0.3) is 21.8 Å². The number of nitrogens with zero attached hydrogens (tertiary/aromatic N) is 3. The zero-order chi connectivity index (χ0) is 25.4. The third kappa shape index (κ3) is 4.29. The zero-order valence-corrected chi connectivity index (χ0v) is 21.4. The van der Waals surface area contributed by atoms with E-state index in [0.29, 0.717) is 56.6 Å². The third-order valence-corrected chi connectivity index (χ3v) is 7.97. The first-order valence-electron chi connectivity index (χ1n) is 13.2. The number of aldehydes is 1. The first-order chi connectivity index (χ1) is 18.2. The van der Waals surface area contributed by atoms with Crippen LogP contribution >= 0.6 is 0 Å². The van der Waals surface area contributed by atoms with Crippen molar-refractivity contribution in [3.8, 4) is 5.75 Å². The van der Waals surface area contributed by atoms with E-state index in [1.54, 1.807) is 7.11 Å². The van der Waals surface area contributed by atoms with E-state index in [1.807, 2.05) is 12.1 Å². The third-order valence-electron chi connectivity index (χ3n) is 7.97. The summed E-state index contributed by atoms with van der Waals surface area (Å²) in [7, 11) is 1.66. The molecule has 0 atom stereocenters. The van der Waals surface area contributed by atoms with E-state index in [4.69, 9.17) is 14.2 Å². The quantitative estimate of drug-likeness (QED) is 0.493. The number of aryl methyl sites for hydroxylation is 1. The average Bonchev–Trinajstić information content (AvgIpc) is 3.55. The summed E-state index contributed by atoms with van der Waals surface area (Å²) in [5, 5.41) is 4.82. The Kier molecular flexibility index (Phi) is 6.86. The maximum Gasteiger partial charge on any atom is 0.253 e. The molecule has 3 heterocycles. The fourth-order valence-corrected chi connectivity index (χ4v) is 6.18. The van der Waals surface area contributed by atoms with Gasteiger partial charge in [-0.2, -0.15) is 0 Å². The number of amides is 1. The average molecular weight is 507 g/mol. The SMILES string of the molecule is COc1cccc2c1c1c(C=O)c(C(=O)NCN3CCOCC3)c3c(c1n2CN1CCOCC1)CCC3. The number of carbonyl (C=O) groups excluding carboxylic acids is 2. The topological polar surface area (TPSA) is 85.3 Å². The number of benzene rings is 2. The van der Waals surface area contributed by atoms with Crippen LogP contribution < -0.4 is 10.1 Å². The van der Waals surface area contributed by atoms with E-state index in [-0.39, 0.29) is 5.91 Å². The van der Waals surface area contributed by atoms with Gasteiger partial charge in [-0.1, -0.05) is 6.07 Å². The largest absolute Gasteiger partial charge is 0.496 e. The molecule has 3 aliphatic rings. The summed E-state index contributed by atoms with van der Waals surface area (Å²) >= 11 is 0. The number of ether oxygens (including phenoxy) is 3. The number of nitrogens with one attached hydrogen (secondary N) is 1. The Morgan fingerprint density at radius 1 is 1.00 bits per heavy atom. The number of morpholine rings is 2. The first-order valence-corrected chi connectivity index (χ1v) is 13.2. The van der Waals surface area contributed by atoms with Gasteiger partial charge in [-0.15, -0.1) is 0 Å². The molecule has 0 spiro atoms. The van der Waals surface area contributed by atoms with Crippen molar-refractivity contribution in [2.75, 3.05) is 66.4 Å². The molecule has 1 aromatic heterocycles. The standard InChI is InChI=1S/C28H34N4O5/c1-35-23-7-3-6-22-26(23)25-21(16-33)24(28(34)29-17-30-8-12-36-13-9-30)19-4-2-5-20(19)27(25)32(22)18-31-10-14-37-15-11-31/h3,6-7,16H,2,4-5,8-15,17-18H2,1H3,(H,29,34). The van der Waals surface area contributed by atoms with Crippen molar-refractivity contribution < 1.29 is 23.8 Å². The van der Waals surface area contributed by atoms with Crippen molar-refractivity contribution in [1.29, 1.82) is 0 Å². The number of carbonyl (C=O) groups is 2. The van der Waals surface area contributed by atoms with Crippen LogP contribution in [-0.2, 0) is 29.0 Å². The summed E-state index contributed by atoms with van der Waals surface area (Å²) in [6, 6.07) is 6.01. The van der Waals surface area contributed by atoms with Crippen molar-refractivity contribution >= 4 is 34.0 Å². The molecule has 2 aliphatic heterocycles. The lowest BCUT2D eigenvalue weighted by Crippen LogP contribution is -2.44. The van der Waals surface area contributed by atoms with Crippen LogP contribution in [0.4, 0.5) is 0 Å². The molecule has 37 heavy (non-hydrogen) atoms. The number of aromatic nitrogens is 1. The molecular weight excluding hydrogens is 472 g/mol. The summed E-state index contributed by atoms with van der Waals surface area (Å²) in [6.07, 6.45) is 3.52.